The van der Waals surface area contributed by atoms with Crippen molar-refractivity contribution in [1.29, 1.82) is 5.26 Å². The van der Waals surface area contributed by atoms with E-state index in [0.29, 0.717) is 5.56 Å². The lowest BCUT2D eigenvalue weighted by Crippen LogP contribution is -1.94. The molecule has 0 aliphatic heterocycles. The summed E-state index contributed by atoms with van der Waals surface area (Å²) >= 11 is 6.76. The minimum absolute atomic E-state index is 0.621. The second-order valence-corrected chi connectivity index (χ2v) is 4.74. The third kappa shape index (κ3) is 1.79. The number of aromatic nitrogens is 2. The molecule has 0 aliphatic carbocycles. The Bertz CT molecular complexity index is 581. The first-order valence-corrected chi connectivity index (χ1v) is 6.11. The fourth-order valence-corrected chi connectivity index (χ4v) is 2.15. The molecule has 3 nitrogen and oxygen atoms in total. The summed E-state index contributed by atoms with van der Waals surface area (Å²) in [6.45, 7) is 0. The van der Waals surface area contributed by atoms with Crippen LogP contribution in [0, 0.1) is 11.3 Å². The van der Waals surface area contributed by atoms with Crippen molar-refractivity contribution in [1.82, 2.24) is 9.55 Å². The van der Waals surface area contributed by atoms with E-state index >= 15 is 0 Å². The van der Waals surface area contributed by atoms with Gasteiger partial charge in [-0.25, -0.2) is 4.98 Å². The minimum atomic E-state index is 0.621. The molecule has 80 valence electrons. The van der Waals surface area contributed by atoms with Crippen LogP contribution in [0.4, 0.5) is 0 Å². The van der Waals surface area contributed by atoms with Crippen molar-refractivity contribution in [2.75, 3.05) is 0 Å². The van der Waals surface area contributed by atoms with E-state index < -0.39 is 0 Å². The first-order chi connectivity index (χ1) is 7.65. The van der Waals surface area contributed by atoms with Gasteiger partial charge >= 0.3 is 0 Å². The zero-order chi connectivity index (χ0) is 11.7. The fourth-order valence-electron chi connectivity index (χ4n) is 1.46. The van der Waals surface area contributed by atoms with E-state index in [1.807, 2.05) is 29.8 Å². The van der Waals surface area contributed by atoms with Gasteiger partial charge < -0.3 is 4.57 Å². The lowest BCUT2D eigenvalue weighted by molar-refractivity contribution is 0.900. The van der Waals surface area contributed by atoms with Gasteiger partial charge in [-0.1, -0.05) is 12.1 Å². The molecule has 1 aromatic carbocycles. The molecule has 0 spiro atoms. The summed E-state index contributed by atoms with van der Waals surface area (Å²) in [6, 6.07) is 9.58. The molecule has 2 aromatic rings. The van der Waals surface area contributed by atoms with Crippen LogP contribution >= 0.6 is 31.9 Å². The second-order valence-electron chi connectivity index (χ2n) is 3.23. The number of nitrogens with zero attached hydrogens (tertiary/aromatic N) is 3. The molecule has 0 unspecified atom stereocenters. The standard InChI is InChI=1S/C11H7Br2N3/c1-16-10(13)9(12)15-11(16)8-5-3-2-4-7(8)6-14/h2-5H,1H3. The Morgan fingerprint density at radius 3 is 2.56 bits per heavy atom. The van der Waals surface area contributed by atoms with Crippen LogP contribution in [0.2, 0.25) is 0 Å². The number of hydrogen-bond donors (Lipinski definition) is 0. The minimum Gasteiger partial charge on any atom is -0.321 e. The van der Waals surface area contributed by atoms with Gasteiger partial charge in [0, 0.05) is 12.6 Å². The van der Waals surface area contributed by atoms with Crippen molar-refractivity contribution in [2.45, 2.75) is 0 Å². The number of imidazole rings is 1. The first-order valence-electron chi connectivity index (χ1n) is 4.52. The number of nitriles is 1. The highest BCUT2D eigenvalue weighted by Gasteiger charge is 2.14. The van der Waals surface area contributed by atoms with Crippen LogP contribution in [-0.2, 0) is 7.05 Å². The van der Waals surface area contributed by atoms with E-state index in [0.717, 1.165) is 20.6 Å². The molecule has 16 heavy (non-hydrogen) atoms. The predicted octanol–water partition coefficient (Wildman–Crippen LogP) is 3.48. The highest BCUT2D eigenvalue weighted by atomic mass is 79.9. The molecule has 0 bridgehead atoms. The maximum Gasteiger partial charge on any atom is 0.143 e. The summed E-state index contributed by atoms with van der Waals surface area (Å²) < 4.78 is 3.48. The maximum absolute atomic E-state index is 9.04. The second kappa shape index (κ2) is 4.40. The van der Waals surface area contributed by atoms with Gasteiger partial charge in [-0.3, -0.25) is 0 Å². The van der Waals surface area contributed by atoms with Crippen LogP contribution in [0.5, 0.6) is 0 Å². The summed E-state index contributed by atoms with van der Waals surface area (Å²) in [5.41, 5.74) is 1.45. The zero-order valence-electron chi connectivity index (χ0n) is 8.41. The molecule has 0 N–H and O–H groups in total. The normalized spacial score (nSPS) is 10.1. The molecule has 0 saturated carbocycles. The number of benzene rings is 1. The Balaban J connectivity index is 2.69. The fraction of sp³-hybridized carbons (Fsp3) is 0.0909. The summed E-state index contributed by atoms with van der Waals surface area (Å²) in [6.07, 6.45) is 0. The molecule has 0 amide bonds. The molecular weight excluding hydrogens is 334 g/mol. The topological polar surface area (TPSA) is 41.6 Å². The van der Waals surface area contributed by atoms with Crippen molar-refractivity contribution in [3.05, 3.63) is 39.0 Å². The third-order valence-corrected chi connectivity index (χ3v) is 4.27. The number of rotatable bonds is 1. The van der Waals surface area contributed by atoms with Crippen molar-refractivity contribution in [3.8, 4) is 17.5 Å². The summed E-state index contributed by atoms with van der Waals surface area (Å²) in [5, 5.41) is 9.04. The monoisotopic (exact) mass is 339 g/mol. The predicted molar refractivity (Wildman–Crippen MR) is 68.8 cm³/mol. The van der Waals surface area contributed by atoms with Gasteiger partial charge in [-0.05, 0) is 44.0 Å². The van der Waals surface area contributed by atoms with E-state index in [4.69, 9.17) is 5.26 Å². The van der Waals surface area contributed by atoms with Crippen LogP contribution in [0.3, 0.4) is 0 Å². The van der Waals surface area contributed by atoms with Crippen molar-refractivity contribution in [3.63, 3.8) is 0 Å². The highest BCUT2D eigenvalue weighted by Crippen LogP contribution is 2.29. The van der Waals surface area contributed by atoms with E-state index in [-0.39, 0.29) is 0 Å². The van der Waals surface area contributed by atoms with E-state index in [1.165, 1.54) is 0 Å². The Hall–Kier alpha value is -1.12. The smallest absolute Gasteiger partial charge is 0.143 e. The van der Waals surface area contributed by atoms with Crippen molar-refractivity contribution >= 4 is 31.9 Å². The van der Waals surface area contributed by atoms with Crippen LogP contribution in [0.25, 0.3) is 11.4 Å². The molecule has 0 radical (unpaired) electrons. The van der Waals surface area contributed by atoms with E-state index in [9.17, 15) is 0 Å². The molecule has 0 fully saturated rings. The maximum atomic E-state index is 9.04. The zero-order valence-corrected chi connectivity index (χ0v) is 11.6. The third-order valence-electron chi connectivity index (χ3n) is 2.27. The molecule has 5 heteroatoms. The van der Waals surface area contributed by atoms with Gasteiger partial charge in [0.15, 0.2) is 0 Å². The molecule has 1 heterocycles. The van der Waals surface area contributed by atoms with Crippen molar-refractivity contribution < 1.29 is 0 Å². The first kappa shape index (κ1) is 11.4. The van der Waals surface area contributed by atoms with Gasteiger partial charge in [0.05, 0.1) is 11.6 Å². The summed E-state index contributed by atoms with van der Waals surface area (Å²) in [5.74, 6) is 0.760. The SMILES string of the molecule is Cn1c(-c2ccccc2C#N)nc(Br)c1Br. The average Bonchev–Trinajstić information content (AvgIpc) is 2.57. The van der Waals surface area contributed by atoms with Gasteiger partial charge in [0.1, 0.15) is 15.0 Å². The van der Waals surface area contributed by atoms with Crippen LogP contribution in [0.1, 0.15) is 5.56 Å². The van der Waals surface area contributed by atoms with Crippen LogP contribution in [0.15, 0.2) is 33.5 Å². The largest absolute Gasteiger partial charge is 0.321 e. The van der Waals surface area contributed by atoms with Crippen molar-refractivity contribution in [2.24, 2.45) is 7.05 Å². The molecule has 0 aliphatic rings. The van der Waals surface area contributed by atoms with E-state index in [2.05, 4.69) is 42.9 Å². The number of halogens is 2. The van der Waals surface area contributed by atoms with E-state index in [1.54, 1.807) is 6.07 Å². The molecular formula is C11H7Br2N3. The van der Waals surface area contributed by atoms with Gasteiger partial charge in [-0.2, -0.15) is 5.26 Å². The van der Waals surface area contributed by atoms with Gasteiger partial charge in [0.2, 0.25) is 0 Å². The molecule has 0 saturated heterocycles. The molecule has 2 rings (SSSR count). The Kier molecular flexibility index (Phi) is 3.13. The average molecular weight is 341 g/mol. The molecule has 1 aromatic heterocycles. The Labute approximate surface area is 110 Å². The summed E-state index contributed by atoms with van der Waals surface area (Å²) in [4.78, 5) is 4.37. The van der Waals surface area contributed by atoms with Crippen LogP contribution in [-0.4, -0.2) is 9.55 Å². The highest BCUT2D eigenvalue weighted by molar-refractivity contribution is 9.13. The number of hydrogen-bond acceptors (Lipinski definition) is 2. The molecule has 0 atom stereocenters. The van der Waals surface area contributed by atoms with Gasteiger partial charge in [-0.15, -0.1) is 0 Å². The Morgan fingerprint density at radius 1 is 1.31 bits per heavy atom. The quantitative estimate of drug-likeness (QED) is 0.797. The lowest BCUT2D eigenvalue weighted by atomic mass is 10.1. The Morgan fingerprint density at radius 2 is 2.00 bits per heavy atom. The lowest BCUT2D eigenvalue weighted by Gasteiger charge is -2.03. The van der Waals surface area contributed by atoms with Gasteiger partial charge in [0.25, 0.3) is 0 Å². The van der Waals surface area contributed by atoms with Crippen LogP contribution < -0.4 is 0 Å². The summed E-state index contributed by atoms with van der Waals surface area (Å²) in [7, 11) is 1.89.